The molecule has 1 nitrogen and oxygen atoms in total. The predicted molar refractivity (Wildman–Crippen MR) is 45.7 cm³/mol. The summed E-state index contributed by atoms with van der Waals surface area (Å²) in [6.07, 6.45) is 7.31. The van der Waals surface area contributed by atoms with E-state index in [0.29, 0.717) is 5.60 Å². The first-order chi connectivity index (χ1) is 5.79. The van der Waals surface area contributed by atoms with E-state index in [1.165, 1.54) is 19.3 Å². The summed E-state index contributed by atoms with van der Waals surface area (Å²) in [5, 5.41) is 0. The number of rotatable bonds is 1. The molecule has 0 amide bonds. The van der Waals surface area contributed by atoms with Crippen LogP contribution in [0.1, 0.15) is 32.1 Å². The van der Waals surface area contributed by atoms with Gasteiger partial charge in [-0.1, -0.05) is 0 Å². The molecule has 2 bridgehead atoms. The fourth-order valence-electron chi connectivity index (χ4n) is 5.24. The van der Waals surface area contributed by atoms with Crippen LogP contribution in [0, 0.1) is 23.2 Å². The summed E-state index contributed by atoms with van der Waals surface area (Å²) in [6, 6.07) is 0. The molecule has 66 valence electrons. The van der Waals surface area contributed by atoms with Crippen LogP contribution in [0.15, 0.2) is 0 Å². The molecule has 0 aromatic rings. The van der Waals surface area contributed by atoms with Crippen molar-refractivity contribution in [3.05, 3.63) is 0 Å². The van der Waals surface area contributed by atoms with Crippen LogP contribution in [0.2, 0.25) is 0 Å². The molecule has 12 heavy (non-hydrogen) atoms. The predicted octanol–water partition coefficient (Wildman–Crippen LogP) is 2.21. The molecule has 0 heterocycles. The highest BCUT2D eigenvalue weighted by molar-refractivity contribution is 5.27. The van der Waals surface area contributed by atoms with E-state index in [0.717, 1.165) is 23.2 Å². The lowest BCUT2D eigenvalue weighted by molar-refractivity contribution is -0.181. The third-order valence-electron chi connectivity index (χ3n) is 5.72. The van der Waals surface area contributed by atoms with Gasteiger partial charge in [0.15, 0.2) is 0 Å². The smallest absolute Gasteiger partial charge is 0.0690 e. The summed E-state index contributed by atoms with van der Waals surface area (Å²) in [5.41, 5.74) is 1.20. The van der Waals surface area contributed by atoms with Gasteiger partial charge in [-0.15, -0.1) is 0 Å². The first-order valence-corrected chi connectivity index (χ1v) is 5.34. The largest absolute Gasteiger partial charge is 0.378 e. The lowest BCUT2D eigenvalue weighted by atomic mass is 9.38. The second-order valence-electron chi connectivity index (χ2n) is 5.65. The van der Waals surface area contributed by atoms with Crippen molar-refractivity contribution in [3.8, 4) is 0 Å². The Labute approximate surface area is 73.5 Å². The molecule has 2 atom stereocenters. The number of hydrogen-bond acceptors (Lipinski definition) is 1. The number of methoxy groups -OCH3 is 1. The number of fused-ring (bicyclic) bond motifs is 1. The summed E-state index contributed by atoms with van der Waals surface area (Å²) in [5.74, 6) is 3.29. The normalized spacial score (nSPS) is 70.2. The molecule has 0 aromatic heterocycles. The minimum Gasteiger partial charge on any atom is -0.378 e. The van der Waals surface area contributed by atoms with Crippen LogP contribution in [0.3, 0.4) is 0 Å². The van der Waals surface area contributed by atoms with E-state index < -0.39 is 0 Å². The highest BCUT2D eigenvalue weighted by Gasteiger charge is 2.77. The summed E-state index contributed by atoms with van der Waals surface area (Å²) in [7, 11) is 1.93. The molecule has 1 heteroatoms. The van der Waals surface area contributed by atoms with E-state index in [4.69, 9.17) is 4.74 Å². The Hall–Kier alpha value is -0.0400. The van der Waals surface area contributed by atoms with E-state index >= 15 is 0 Å². The summed E-state index contributed by atoms with van der Waals surface area (Å²) in [4.78, 5) is 0. The molecule has 4 saturated carbocycles. The Morgan fingerprint density at radius 1 is 1.08 bits per heavy atom. The van der Waals surface area contributed by atoms with Gasteiger partial charge in [0, 0.05) is 7.11 Å². The molecule has 1 spiro atoms. The zero-order chi connectivity index (χ0) is 7.97. The van der Waals surface area contributed by atoms with E-state index in [1.54, 1.807) is 12.8 Å². The Kier molecular flexibility index (Phi) is 0.800. The van der Waals surface area contributed by atoms with Crippen molar-refractivity contribution in [1.82, 2.24) is 0 Å². The Balaban J connectivity index is 1.82. The zero-order valence-corrected chi connectivity index (χ0v) is 7.68. The fourth-order valence-corrected chi connectivity index (χ4v) is 5.24. The van der Waals surface area contributed by atoms with Crippen LogP contribution in [-0.4, -0.2) is 12.7 Å². The summed E-state index contributed by atoms with van der Waals surface area (Å²) >= 11 is 0. The highest BCUT2D eigenvalue weighted by atomic mass is 16.5. The monoisotopic (exact) mass is 164 g/mol. The maximum absolute atomic E-state index is 5.76. The van der Waals surface area contributed by atoms with Crippen LogP contribution in [-0.2, 0) is 4.74 Å². The van der Waals surface area contributed by atoms with Crippen molar-refractivity contribution < 1.29 is 4.74 Å². The SMILES string of the molecule is COC12CC3CC4CC(C1)C43C2. The molecule has 4 fully saturated rings. The fraction of sp³-hybridized carbons (Fsp3) is 1.00. The molecule has 0 aromatic carbocycles. The van der Waals surface area contributed by atoms with E-state index in [9.17, 15) is 0 Å². The van der Waals surface area contributed by atoms with Gasteiger partial charge in [0.05, 0.1) is 5.60 Å². The van der Waals surface area contributed by atoms with Gasteiger partial charge in [-0.3, -0.25) is 0 Å². The van der Waals surface area contributed by atoms with Gasteiger partial charge >= 0.3 is 0 Å². The quantitative estimate of drug-likeness (QED) is 0.577. The van der Waals surface area contributed by atoms with Crippen molar-refractivity contribution in [2.45, 2.75) is 37.7 Å². The summed E-state index contributed by atoms with van der Waals surface area (Å²) in [6.45, 7) is 0. The van der Waals surface area contributed by atoms with Crippen molar-refractivity contribution in [2.75, 3.05) is 7.11 Å². The highest BCUT2D eigenvalue weighted by Crippen LogP contribution is 2.82. The molecular weight excluding hydrogens is 148 g/mol. The van der Waals surface area contributed by atoms with E-state index in [1.807, 2.05) is 7.11 Å². The van der Waals surface area contributed by atoms with Crippen molar-refractivity contribution in [1.29, 1.82) is 0 Å². The van der Waals surface area contributed by atoms with E-state index in [-0.39, 0.29) is 0 Å². The molecular formula is C11H16O. The van der Waals surface area contributed by atoms with Gasteiger partial charge in [0.1, 0.15) is 0 Å². The third-order valence-corrected chi connectivity index (χ3v) is 5.72. The van der Waals surface area contributed by atoms with Gasteiger partial charge in [-0.2, -0.15) is 0 Å². The van der Waals surface area contributed by atoms with Crippen LogP contribution in [0.25, 0.3) is 0 Å². The molecule has 0 radical (unpaired) electrons. The van der Waals surface area contributed by atoms with Gasteiger partial charge < -0.3 is 4.74 Å². The van der Waals surface area contributed by atoms with Crippen molar-refractivity contribution in [3.63, 3.8) is 0 Å². The van der Waals surface area contributed by atoms with Gasteiger partial charge in [0.25, 0.3) is 0 Å². The summed E-state index contributed by atoms with van der Waals surface area (Å²) < 4.78 is 5.76. The van der Waals surface area contributed by atoms with Crippen LogP contribution in [0.5, 0.6) is 0 Å². The maximum Gasteiger partial charge on any atom is 0.0690 e. The lowest BCUT2D eigenvalue weighted by Gasteiger charge is -2.66. The number of hydrogen-bond donors (Lipinski definition) is 0. The average Bonchev–Trinajstić information content (AvgIpc) is 2.49. The minimum absolute atomic E-state index is 0.362. The standard InChI is InChI=1S/C11H16O/c1-12-10-4-8-2-7-3-9(5-10)11(7,8)6-10/h7-9H,2-6H2,1H3. The Morgan fingerprint density at radius 2 is 1.75 bits per heavy atom. The Morgan fingerprint density at radius 3 is 2.17 bits per heavy atom. The maximum atomic E-state index is 5.76. The third kappa shape index (κ3) is 0.396. The van der Waals surface area contributed by atoms with E-state index in [2.05, 4.69) is 0 Å². The average molecular weight is 164 g/mol. The van der Waals surface area contributed by atoms with Crippen LogP contribution < -0.4 is 0 Å². The second kappa shape index (κ2) is 1.50. The first kappa shape index (κ1) is 6.42. The molecule has 0 N–H and O–H groups in total. The molecule has 0 saturated heterocycles. The van der Waals surface area contributed by atoms with Crippen molar-refractivity contribution in [2.24, 2.45) is 23.2 Å². The van der Waals surface area contributed by atoms with Gasteiger partial charge in [-0.25, -0.2) is 0 Å². The molecule has 4 aliphatic rings. The molecule has 2 unspecified atom stereocenters. The Bertz CT molecular complexity index is 242. The van der Waals surface area contributed by atoms with Crippen molar-refractivity contribution >= 4 is 0 Å². The molecule has 4 rings (SSSR count). The number of ether oxygens (including phenoxy) is 1. The topological polar surface area (TPSA) is 9.23 Å². The molecule has 4 aliphatic carbocycles. The first-order valence-electron chi connectivity index (χ1n) is 5.34. The van der Waals surface area contributed by atoms with Gasteiger partial charge in [-0.05, 0) is 55.3 Å². The van der Waals surface area contributed by atoms with Gasteiger partial charge in [0.2, 0.25) is 0 Å². The molecule has 0 aliphatic heterocycles. The van der Waals surface area contributed by atoms with Crippen LogP contribution >= 0.6 is 0 Å². The zero-order valence-electron chi connectivity index (χ0n) is 7.68. The van der Waals surface area contributed by atoms with Crippen LogP contribution in [0.4, 0.5) is 0 Å². The minimum atomic E-state index is 0.362. The second-order valence-corrected chi connectivity index (χ2v) is 5.65. The lowest BCUT2D eigenvalue weighted by Crippen LogP contribution is -2.59.